The summed E-state index contributed by atoms with van der Waals surface area (Å²) in [5, 5.41) is 16.0. The summed E-state index contributed by atoms with van der Waals surface area (Å²) in [4.78, 5) is 28.0. The van der Waals surface area contributed by atoms with E-state index in [4.69, 9.17) is 9.47 Å². The van der Waals surface area contributed by atoms with E-state index in [2.05, 4.69) is 16.7 Å². The minimum absolute atomic E-state index is 0.0360. The van der Waals surface area contributed by atoms with Gasteiger partial charge in [-0.3, -0.25) is 14.5 Å². The highest BCUT2D eigenvalue weighted by Crippen LogP contribution is 2.37. The van der Waals surface area contributed by atoms with Crippen molar-refractivity contribution in [1.29, 1.82) is 5.26 Å². The zero-order valence-corrected chi connectivity index (χ0v) is 20.8. The quantitative estimate of drug-likeness (QED) is 0.490. The summed E-state index contributed by atoms with van der Waals surface area (Å²) in [5.41, 5.74) is 2.28. The van der Waals surface area contributed by atoms with Crippen LogP contribution < -0.4 is 20.1 Å². The van der Waals surface area contributed by atoms with Crippen molar-refractivity contribution in [3.05, 3.63) is 34.2 Å². The number of nitrogens with zero attached hydrogens (tertiary/aromatic N) is 2. The van der Waals surface area contributed by atoms with Gasteiger partial charge >= 0.3 is 0 Å². The molecule has 0 aliphatic heterocycles. The first-order valence-electron chi connectivity index (χ1n) is 11.7. The first-order valence-corrected chi connectivity index (χ1v) is 12.5. The molecule has 0 unspecified atom stereocenters. The van der Waals surface area contributed by atoms with E-state index < -0.39 is 0 Å². The lowest BCUT2D eigenvalue weighted by Gasteiger charge is -2.17. The number of nitrogens with one attached hydrogen (secondary N) is 2. The highest BCUT2D eigenvalue weighted by Gasteiger charge is 2.21. The number of hydrogen-bond acceptors (Lipinski definition) is 7. The molecule has 1 aliphatic rings. The van der Waals surface area contributed by atoms with Crippen LogP contribution in [0.3, 0.4) is 0 Å². The van der Waals surface area contributed by atoms with Gasteiger partial charge in [0.1, 0.15) is 11.1 Å². The molecule has 2 aromatic rings. The van der Waals surface area contributed by atoms with Crippen molar-refractivity contribution >= 4 is 33.8 Å². The van der Waals surface area contributed by atoms with Crippen LogP contribution in [0, 0.1) is 11.3 Å². The van der Waals surface area contributed by atoms with Crippen molar-refractivity contribution in [3.8, 4) is 17.6 Å². The molecule has 0 spiro atoms. The standard InChI is InChI=1S/C25H32N4O4S/c1-4-32-20-12-11-17(13-21(20)33-5-2)27-23(30)15-29(3)16-24(31)28-25-19(14-26)18-9-7-6-8-10-22(18)34-25/h11-13H,4-10,15-16H2,1-3H3,(H,27,30)(H,28,31). The van der Waals surface area contributed by atoms with Crippen molar-refractivity contribution in [2.75, 3.05) is 44.0 Å². The van der Waals surface area contributed by atoms with E-state index in [1.165, 1.54) is 22.6 Å². The second kappa shape index (κ2) is 12.4. The number of anilines is 2. The highest BCUT2D eigenvalue weighted by molar-refractivity contribution is 7.16. The highest BCUT2D eigenvalue weighted by atomic mass is 32.1. The van der Waals surface area contributed by atoms with Gasteiger partial charge in [0.05, 0.1) is 31.9 Å². The minimum atomic E-state index is -0.248. The van der Waals surface area contributed by atoms with E-state index in [0.29, 0.717) is 41.0 Å². The number of amides is 2. The molecule has 0 saturated heterocycles. The predicted octanol–water partition coefficient (Wildman–Crippen LogP) is 4.20. The van der Waals surface area contributed by atoms with Crippen LogP contribution in [0.25, 0.3) is 0 Å². The lowest BCUT2D eigenvalue weighted by molar-refractivity contribution is -0.119. The van der Waals surface area contributed by atoms with Gasteiger partial charge in [0, 0.05) is 16.6 Å². The molecule has 3 rings (SSSR count). The summed E-state index contributed by atoms with van der Waals surface area (Å²) in [7, 11) is 1.71. The lowest BCUT2D eigenvalue weighted by Crippen LogP contribution is -2.36. The van der Waals surface area contributed by atoms with Crippen LogP contribution in [-0.4, -0.2) is 50.1 Å². The Morgan fingerprint density at radius 2 is 1.71 bits per heavy atom. The summed E-state index contributed by atoms with van der Waals surface area (Å²) in [6, 6.07) is 7.51. The van der Waals surface area contributed by atoms with E-state index in [9.17, 15) is 14.9 Å². The molecule has 182 valence electrons. The Kier molecular flexibility index (Phi) is 9.31. The molecule has 2 N–H and O–H groups in total. The molecular formula is C25H32N4O4S. The zero-order chi connectivity index (χ0) is 24.5. The summed E-state index contributed by atoms with van der Waals surface area (Å²) >= 11 is 1.51. The summed E-state index contributed by atoms with van der Waals surface area (Å²) in [5.74, 6) is 0.696. The second-order valence-electron chi connectivity index (χ2n) is 8.18. The number of aryl methyl sites for hydroxylation is 1. The van der Waals surface area contributed by atoms with Crippen molar-refractivity contribution in [2.24, 2.45) is 0 Å². The summed E-state index contributed by atoms with van der Waals surface area (Å²) in [6.45, 7) is 4.85. The number of thiophene rings is 1. The van der Waals surface area contributed by atoms with Crippen LogP contribution in [0.4, 0.5) is 10.7 Å². The van der Waals surface area contributed by atoms with Crippen LogP contribution in [0.2, 0.25) is 0 Å². The number of carbonyl (C=O) groups excluding carboxylic acids is 2. The van der Waals surface area contributed by atoms with Crippen LogP contribution in [0.1, 0.15) is 49.1 Å². The molecule has 0 fully saturated rings. The fourth-order valence-corrected chi connectivity index (χ4v) is 5.25. The van der Waals surface area contributed by atoms with Gasteiger partial charge in [-0.15, -0.1) is 11.3 Å². The fourth-order valence-electron chi connectivity index (χ4n) is 3.99. The topological polar surface area (TPSA) is 104 Å². The monoisotopic (exact) mass is 484 g/mol. The van der Waals surface area contributed by atoms with Crippen molar-refractivity contribution in [3.63, 3.8) is 0 Å². The zero-order valence-electron chi connectivity index (χ0n) is 20.0. The Bertz CT molecular complexity index is 1060. The largest absolute Gasteiger partial charge is 0.490 e. The van der Waals surface area contributed by atoms with Gasteiger partial charge in [0.25, 0.3) is 0 Å². The number of ether oxygens (including phenoxy) is 2. The van der Waals surface area contributed by atoms with Gasteiger partial charge in [-0.05, 0) is 64.3 Å². The normalized spacial score (nSPS) is 12.9. The number of fused-ring (bicyclic) bond motifs is 1. The molecule has 1 aromatic heterocycles. The Labute approximate surface area is 204 Å². The van der Waals surface area contributed by atoms with E-state index in [0.717, 1.165) is 31.2 Å². The third-order valence-corrected chi connectivity index (χ3v) is 6.65. The third kappa shape index (κ3) is 6.72. The molecule has 1 aromatic carbocycles. The maximum atomic E-state index is 12.6. The number of carbonyl (C=O) groups is 2. The van der Waals surface area contributed by atoms with Crippen LogP contribution in [0.5, 0.6) is 11.5 Å². The second-order valence-corrected chi connectivity index (χ2v) is 9.28. The first-order chi connectivity index (χ1) is 16.4. The Morgan fingerprint density at radius 3 is 2.41 bits per heavy atom. The molecule has 34 heavy (non-hydrogen) atoms. The molecule has 1 aliphatic carbocycles. The van der Waals surface area contributed by atoms with Crippen molar-refractivity contribution in [2.45, 2.75) is 46.0 Å². The Hall–Kier alpha value is -3.09. The van der Waals surface area contributed by atoms with Gasteiger partial charge in [0.15, 0.2) is 11.5 Å². The first kappa shape index (κ1) is 25.5. The molecule has 2 amide bonds. The van der Waals surface area contributed by atoms with Crippen LogP contribution in [0.15, 0.2) is 18.2 Å². The molecule has 0 saturated carbocycles. The third-order valence-electron chi connectivity index (χ3n) is 5.44. The Balaban J connectivity index is 1.55. The van der Waals surface area contributed by atoms with E-state index in [1.54, 1.807) is 30.1 Å². The molecule has 9 heteroatoms. The maximum Gasteiger partial charge on any atom is 0.239 e. The summed E-state index contributed by atoms with van der Waals surface area (Å²) < 4.78 is 11.1. The van der Waals surface area contributed by atoms with Crippen LogP contribution >= 0.6 is 11.3 Å². The smallest absolute Gasteiger partial charge is 0.239 e. The SMILES string of the molecule is CCOc1ccc(NC(=O)CN(C)CC(=O)Nc2sc3c(c2C#N)CCCCC3)cc1OCC. The molecule has 0 atom stereocenters. The van der Waals surface area contributed by atoms with Crippen molar-refractivity contribution < 1.29 is 19.1 Å². The van der Waals surface area contributed by atoms with E-state index in [1.807, 2.05) is 13.8 Å². The molecule has 0 radical (unpaired) electrons. The van der Waals surface area contributed by atoms with Crippen molar-refractivity contribution in [1.82, 2.24) is 4.90 Å². The minimum Gasteiger partial charge on any atom is -0.490 e. The van der Waals surface area contributed by atoms with Gasteiger partial charge < -0.3 is 20.1 Å². The van der Waals surface area contributed by atoms with Gasteiger partial charge in [0.2, 0.25) is 11.8 Å². The fraction of sp³-hybridized carbons (Fsp3) is 0.480. The predicted molar refractivity (Wildman–Crippen MR) is 134 cm³/mol. The van der Waals surface area contributed by atoms with Crippen LogP contribution in [-0.2, 0) is 22.4 Å². The molecule has 8 nitrogen and oxygen atoms in total. The Morgan fingerprint density at radius 1 is 1.03 bits per heavy atom. The lowest BCUT2D eigenvalue weighted by atomic mass is 10.1. The number of likely N-dealkylation sites (N-methyl/N-ethyl adjacent to an activating group) is 1. The van der Waals surface area contributed by atoms with E-state index in [-0.39, 0.29) is 24.9 Å². The molecule has 0 bridgehead atoms. The number of hydrogen-bond donors (Lipinski definition) is 2. The number of nitriles is 1. The summed E-state index contributed by atoms with van der Waals surface area (Å²) in [6.07, 6.45) is 5.21. The average Bonchev–Trinajstić information content (AvgIpc) is 2.94. The number of rotatable bonds is 10. The van der Waals surface area contributed by atoms with Gasteiger partial charge in [-0.25, -0.2) is 0 Å². The maximum absolute atomic E-state index is 12.6. The average molecular weight is 485 g/mol. The van der Waals surface area contributed by atoms with Gasteiger partial charge in [-0.2, -0.15) is 5.26 Å². The molecular weight excluding hydrogens is 452 g/mol. The number of benzene rings is 1. The molecule has 1 heterocycles. The van der Waals surface area contributed by atoms with Gasteiger partial charge in [-0.1, -0.05) is 6.42 Å². The van der Waals surface area contributed by atoms with E-state index >= 15 is 0 Å².